The van der Waals surface area contributed by atoms with E-state index in [4.69, 9.17) is 0 Å². The molecule has 0 fully saturated rings. The molecule has 0 unspecified atom stereocenters. The molecule has 0 spiro atoms. The summed E-state index contributed by atoms with van der Waals surface area (Å²) in [5, 5.41) is 8.13. The summed E-state index contributed by atoms with van der Waals surface area (Å²) in [4.78, 5) is 20.5. The van der Waals surface area contributed by atoms with Crippen LogP contribution in [0.5, 0.6) is 0 Å². The van der Waals surface area contributed by atoms with Crippen LogP contribution in [-0.4, -0.2) is 57.1 Å². The van der Waals surface area contributed by atoms with Crippen molar-refractivity contribution in [3.63, 3.8) is 0 Å². The number of carbonyl (C=O) groups excluding carboxylic acids is 1. The molecule has 0 saturated carbocycles. The quantitative estimate of drug-likeness (QED) is 0.653. The van der Waals surface area contributed by atoms with E-state index in [1.165, 1.54) is 0 Å². The van der Waals surface area contributed by atoms with Crippen molar-refractivity contribution in [3.8, 4) is 0 Å². The van der Waals surface area contributed by atoms with Crippen LogP contribution in [0.15, 0.2) is 36.5 Å². The highest BCUT2D eigenvalue weighted by molar-refractivity contribution is 5.93. The van der Waals surface area contributed by atoms with Crippen LogP contribution in [-0.2, 0) is 6.54 Å². The fourth-order valence-electron chi connectivity index (χ4n) is 3.25. The number of aromatic nitrogens is 3. The third-order valence-electron chi connectivity index (χ3n) is 4.85. The molecular weight excluding hydrogens is 326 g/mol. The molecule has 0 aliphatic rings. The Bertz CT molecular complexity index is 862. The van der Waals surface area contributed by atoms with Crippen LogP contribution in [0.1, 0.15) is 35.6 Å². The molecule has 1 amide bonds. The zero-order valence-electron chi connectivity index (χ0n) is 15.7. The van der Waals surface area contributed by atoms with Crippen LogP contribution in [0, 0.1) is 6.92 Å². The van der Waals surface area contributed by atoms with E-state index in [9.17, 15) is 4.79 Å². The minimum Gasteiger partial charge on any atom is -0.361 e. The Morgan fingerprint density at radius 1 is 1.15 bits per heavy atom. The number of H-pyrrole nitrogens is 2. The molecule has 2 heterocycles. The molecule has 1 aromatic carbocycles. The number of fused-ring (bicyclic) bond motifs is 1. The smallest absolute Gasteiger partial charge is 0.272 e. The van der Waals surface area contributed by atoms with Crippen molar-refractivity contribution in [3.05, 3.63) is 53.5 Å². The number of nitrogens with zero attached hydrogens (tertiary/aromatic N) is 3. The van der Waals surface area contributed by atoms with Gasteiger partial charge in [0.2, 0.25) is 0 Å². The predicted molar refractivity (Wildman–Crippen MR) is 104 cm³/mol. The highest BCUT2D eigenvalue weighted by Crippen LogP contribution is 2.20. The van der Waals surface area contributed by atoms with Crippen molar-refractivity contribution < 1.29 is 4.79 Å². The standard InChI is InChI=1S/C20H27N5O/c1-4-24(5-2)11-12-25(20(26)19-13-15(3)22-23-19)14-16-7-6-8-18-17(16)9-10-21-18/h6-10,13,21H,4-5,11-12,14H2,1-3H3,(H,22,23). The lowest BCUT2D eigenvalue weighted by Crippen LogP contribution is -2.38. The van der Waals surface area contributed by atoms with Gasteiger partial charge in [-0.25, -0.2) is 0 Å². The number of hydrogen-bond acceptors (Lipinski definition) is 3. The van der Waals surface area contributed by atoms with Gasteiger partial charge in [0.15, 0.2) is 0 Å². The van der Waals surface area contributed by atoms with E-state index in [2.05, 4.69) is 52.1 Å². The van der Waals surface area contributed by atoms with Gasteiger partial charge in [0.1, 0.15) is 5.69 Å². The summed E-state index contributed by atoms with van der Waals surface area (Å²) < 4.78 is 0. The second kappa shape index (κ2) is 8.19. The molecule has 6 nitrogen and oxygen atoms in total. The summed E-state index contributed by atoms with van der Waals surface area (Å²) >= 11 is 0. The zero-order valence-corrected chi connectivity index (χ0v) is 15.7. The van der Waals surface area contributed by atoms with E-state index in [0.717, 1.165) is 41.8 Å². The van der Waals surface area contributed by atoms with Gasteiger partial charge in [-0.2, -0.15) is 5.10 Å². The largest absolute Gasteiger partial charge is 0.361 e. The average molecular weight is 353 g/mol. The molecule has 2 N–H and O–H groups in total. The van der Waals surface area contributed by atoms with Crippen molar-refractivity contribution in [1.82, 2.24) is 25.0 Å². The SMILES string of the molecule is CCN(CC)CCN(Cc1cccc2[nH]ccc12)C(=O)c1cc(C)n[nH]1. The van der Waals surface area contributed by atoms with Gasteiger partial charge >= 0.3 is 0 Å². The van der Waals surface area contributed by atoms with Gasteiger partial charge in [-0.15, -0.1) is 0 Å². The molecular formula is C20H27N5O. The summed E-state index contributed by atoms with van der Waals surface area (Å²) in [6.07, 6.45) is 1.94. The Kier molecular flexibility index (Phi) is 5.73. The minimum atomic E-state index is -0.00899. The van der Waals surface area contributed by atoms with Crippen molar-refractivity contribution in [2.45, 2.75) is 27.3 Å². The number of nitrogens with one attached hydrogen (secondary N) is 2. The van der Waals surface area contributed by atoms with E-state index in [1.54, 1.807) is 0 Å². The van der Waals surface area contributed by atoms with E-state index < -0.39 is 0 Å². The van der Waals surface area contributed by atoms with Gasteiger partial charge < -0.3 is 14.8 Å². The van der Waals surface area contributed by atoms with Gasteiger partial charge in [-0.05, 0) is 43.8 Å². The molecule has 0 bridgehead atoms. The molecule has 3 rings (SSSR count). The first kappa shape index (κ1) is 18.2. The molecule has 6 heteroatoms. The van der Waals surface area contributed by atoms with Crippen molar-refractivity contribution in [2.75, 3.05) is 26.2 Å². The molecule has 0 aliphatic carbocycles. The molecule has 3 aromatic rings. The number of carbonyl (C=O) groups is 1. The third-order valence-corrected chi connectivity index (χ3v) is 4.85. The highest BCUT2D eigenvalue weighted by Gasteiger charge is 2.19. The Morgan fingerprint density at radius 3 is 2.65 bits per heavy atom. The minimum absolute atomic E-state index is 0.00899. The predicted octanol–water partition coefficient (Wildman–Crippen LogP) is 3.18. The molecule has 0 aliphatic heterocycles. The van der Waals surface area contributed by atoms with Crippen LogP contribution in [0.3, 0.4) is 0 Å². The Hall–Kier alpha value is -2.60. The van der Waals surface area contributed by atoms with E-state index >= 15 is 0 Å². The Balaban J connectivity index is 1.84. The number of hydrogen-bond donors (Lipinski definition) is 2. The highest BCUT2D eigenvalue weighted by atomic mass is 16.2. The number of aromatic amines is 2. The maximum atomic E-state index is 13.1. The van der Waals surface area contributed by atoms with Gasteiger partial charge in [0.25, 0.3) is 5.91 Å². The van der Waals surface area contributed by atoms with Crippen LogP contribution >= 0.6 is 0 Å². The lowest BCUT2D eigenvalue weighted by Gasteiger charge is -2.26. The summed E-state index contributed by atoms with van der Waals surface area (Å²) in [5.74, 6) is -0.00899. The van der Waals surface area contributed by atoms with Crippen LogP contribution in [0.25, 0.3) is 10.9 Å². The number of amides is 1. The van der Waals surface area contributed by atoms with E-state index in [-0.39, 0.29) is 5.91 Å². The lowest BCUT2D eigenvalue weighted by atomic mass is 10.1. The van der Waals surface area contributed by atoms with E-state index in [1.807, 2.05) is 30.2 Å². The maximum Gasteiger partial charge on any atom is 0.272 e. The molecule has 26 heavy (non-hydrogen) atoms. The summed E-state index contributed by atoms with van der Waals surface area (Å²) in [5.41, 5.74) is 3.61. The second-order valence-electron chi connectivity index (χ2n) is 6.53. The van der Waals surface area contributed by atoms with Gasteiger partial charge in [0, 0.05) is 36.7 Å². The fourth-order valence-corrected chi connectivity index (χ4v) is 3.25. The Morgan fingerprint density at radius 2 is 1.96 bits per heavy atom. The summed E-state index contributed by atoms with van der Waals surface area (Å²) in [6.45, 7) is 10.3. The van der Waals surface area contributed by atoms with Crippen LogP contribution in [0.2, 0.25) is 0 Å². The van der Waals surface area contributed by atoms with Crippen molar-refractivity contribution in [2.24, 2.45) is 0 Å². The van der Waals surface area contributed by atoms with Crippen molar-refractivity contribution in [1.29, 1.82) is 0 Å². The van der Waals surface area contributed by atoms with Gasteiger partial charge in [-0.3, -0.25) is 9.89 Å². The Labute approximate surface area is 154 Å². The van der Waals surface area contributed by atoms with Crippen LogP contribution < -0.4 is 0 Å². The first-order valence-electron chi connectivity index (χ1n) is 9.21. The second-order valence-corrected chi connectivity index (χ2v) is 6.53. The normalized spacial score (nSPS) is 11.4. The molecule has 0 atom stereocenters. The first-order valence-corrected chi connectivity index (χ1v) is 9.21. The topological polar surface area (TPSA) is 68.0 Å². The average Bonchev–Trinajstić information content (AvgIpc) is 3.30. The first-order chi connectivity index (χ1) is 12.6. The maximum absolute atomic E-state index is 13.1. The van der Waals surface area contributed by atoms with Crippen molar-refractivity contribution >= 4 is 16.8 Å². The van der Waals surface area contributed by atoms with Crippen LogP contribution in [0.4, 0.5) is 0 Å². The van der Waals surface area contributed by atoms with E-state index in [0.29, 0.717) is 18.8 Å². The fraction of sp³-hybridized carbons (Fsp3) is 0.400. The number of likely N-dealkylation sites (N-methyl/N-ethyl adjacent to an activating group) is 1. The lowest BCUT2D eigenvalue weighted by molar-refractivity contribution is 0.0718. The summed E-state index contributed by atoms with van der Waals surface area (Å²) in [6, 6.07) is 10.1. The molecule has 0 radical (unpaired) electrons. The van der Waals surface area contributed by atoms with Gasteiger partial charge in [-0.1, -0.05) is 26.0 Å². The monoisotopic (exact) mass is 353 g/mol. The molecule has 0 saturated heterocycles. The van der Waals surface area contributed by atoms with Gasteiger partial charge in [0.05, 0.1) is 5.69 Å². The molecule has 2 aromatic heterocycles. The number of rotatable bonds is 8. The zero-order chi connectivity index (χ0) is 18.5. The molecule has 138 valence electrons. The number of benzene rings is 1. The number of aryl methyl sites for hydroxylation is 1. The summed E-state index contributed by atoms with van der Waals surface area (Å²) in [7, 11) is 0. The third kappa shape index (κ3) is 3.96.